The van der Waals surface area contributed by atoms with Gasteiger partial charge in [-0.05, 0) is 37.0 Å². The Morgan fingerprint density at radius 1 is 1.28 bits per heavy atom. The summed E-state index contributed by atoms with van der Waals surface area (Å²) < 4.78 is 0. The molecule has 0 heterocycles. The number of hydrogen-bond donors (Lipinski definition) is 1. The Morgan fingerprint density at radius 3 is 2.50 bits per heavy atom. The summed E-state index contributed by atoms with van der Waals surface area (Å²) in [6.45, 7) is 4.15. The second-order valence-electron chi connectivity index (χ2n) is 4.32. The lowest BCUT2D eigenvalue weighted by molar-refractivity contribution is -0.121. The lowest BCUT2D eigenvalue weighted by atomic mass is 10.1. The van der Waals surface area contributed by atoms with Gasteiger partial charge in [0.2, 0.25) is 5.91 Å². The van der Waals surface area contributed by atoms with Crippen LogP contribution >= 0.6 is 23.2 Å². The molecule has 0 aliphatic rings. The van der Waals surface area contributed by atoms with Gasteiger partial charge in [0, 0.05) is 22.5 Å². The number of benzene rings is 1. The van der Waals surface area contributed by atoms with E-state index in [1.54, 1.807) is 12.1 Å². The average Bonchev–Trinajstić information content (AvgIpc) is 2.35. The minimum atomic E-state index is 0.0784. The molecule has 0 spiro atoms. The van der Waals surface area contributed by atoms with E-state index in [2.05, 4.69) is 19.2 Å². The third-order valence-corrected chi connectivity index (χ3v) is 3.57. The molecule has 1 aromatic carbocycles. The summed E-state index contributed by atoms with van der Waals surface area (Å²) in [5.74, 6) is 0.0784. The Bertz CT molecular complexity index is 403. The van der Waals surface area contributed by atoms with Gasteiger partial charge >= 0.3 is 0 Å². The molecule has 0 aromatic heterocycles. The van der Waals surface area contributed by atoms with Gasteiger partial charge in [-0.3, -0.25) is 4.79 Å². The monoisotopic (exact) mass is 287 g/mol. The molecule has 0 radical (unpaired) electrons. The SMILES string of the molecule is CCC(CC)NC(=O)CCc1ccc(Cl)cc1Cl. The number of halogens is 2. The molecule has 0 atom stereocenters. The van der Waals surface area contributed by atoms with E-state index in [1.165, 1.54) is 0 Å². The quantitative estimate of drug-likeness (QED) is 0.833. The van der Waals surface area contributed by atoms with E-state index in [0.717, 1.165) is 18.4 Å². The molecule has 1 rings (SSSR count). The summed E-state index contributed by atoms with van der Waals surface area (Å²) in [5, 5.41) is 4.25. The summed E-state index contributed by atoms with van der Waals surface area (Å²) in [5.41, 5.74) is 0.959. The van der Waals surface area contributed by atoms with Crippen molar-refractivity contribution in [2.45, 2.75) is 45.6 Å². The molecule has 0 saturated heterocycles. The van der Waals surface area contributed by atoms with Crippen LogP contribution in [0.2, 0.25) is 10.0 Å². The molecule has 0 aliphatic carbocycles. The molecule has 0 bridgehead atoms. The molecule has 1 amide bonds. The molecule has 1 N–H and O–H groups in total. The Labute approximate surface area is 119 Å². The van der Waals surface area contributed by atoms with Gasteiger partial charge in [-0.2, -0.15) is 0 Å². The topological polar surface area (TPSA) is 29.1 Å². The third-order valence-electron chi connectivity index (χ3n) is 2.99. The van der Waals surface area contributed by atoms with Crippen LogP contribution in [0, 0.1) is 0 Å². The van der Waals surface area contributed by atoms with Gasteiger partial charge in [-0.25, -0.2) is 0 Å². The van der Waals surface area contributed by atoms with Gasteiger partial charge < -0.3 is 5.32 Å². The third kappa shape index (κ3) is 4.87. The van der Waals surface area contributed by atoms with Crippen LogP contribution in [0.5, 0.6) is 0 Å². The van der Waals surface area contributed by atoms with Crippen molar-refractivity contribution in [1.29, 1.82) is 0 Å². The summed E-state index contributed by atoms with van der Waals surface area (Å²) >= 11 is 11.9. The maximum absolute atomic E-state index is 11.7. The zero-order chi connectivity index (χ0) is 13.5. The average molecular weight is 288 g/mol. The van der Waals surface area contributed by atoms with Gasteiger partial charge in [0.15, 0.2) is 0 Å². The van der Waals surface area contributed by atoms with E-state index in [0.29, 0.717) is 22.9 Å². The van der Waals surface area contributed by atoms with Crippen LogP contribution in [0.25, 0.3) is 0 Å². The number of carbonyl (C=O) groups is 1. The lowest BCUT2D eigenvalue weighted by Crippen LogP contribution is -2.33. The van der Waals surface area contributed by atoms with Crippen LogP contribution in [0.15, 0.2) is 18.2 Å². The molecule has 0 aliphatic heterocycles. The molecule has 2 nitrogen and oxygen atoms in total. The standard InChI is InChI=1S/C14H19Cl2NO/c1-3-12(4-2)17-14(18)8-6-10-5-7-11(15)9-13(10)16/h5,7,9,12H,3-4,6,8H2,1-2H3,(H,17,18). The second kappa shape index (κ2) is 7.65. The summed E-state index contributed by atoms with van der Waals surface area (Å²) in [6, 6.07) is 5.65. The summed E-state index contributed by atoms with van der Waals surface area (Å²) in [6.07, 6.45) is 3.02. The summed E-state index contributed by atoms with van der Waals surface area (Å²) in [7, 11) is 0. The van der Waals surface area contributed by atoms with E-state index in [4.69, 9.17) is 23.2 Å². The minimum Gasteiger partial charge on any atom is -0.353 e. The van der Waals surface area contributed by atoms with Crippen molar-refractivity contribution in [3.8, 4) is 0 Å². The molecular weight excluding hydrogens is 269 g/mol. The lowest BCUT2D eigenvalue weighted by Gasteiger charge is -2.14. The van der Waals surface area contributed by atoms with Crippen LogP contribution in [0.1, 0.15) is 38.7 Å². The highest BCUT2D eigenvalue weighted by Crippen LogP contribution is 2.22. The van der Waals surface area contributed by atoms with E-state index in [-0.39, 0.29) is 11.9 Å². The highest BCUT2D eigenvalue weighted by atomic mass is 35.5. The van der Waals surface area contributed by atoms with Crippen LogP contribution in [-0.2, 0) is 11.2 Å². The predicted molar refractivity (Wildman–Crippen MR) is 77.3 cm³/mol. The number of nitrogens with one attached hydrogen (secondary N) is 1. The Hall–Kier alpha value is -0.730. The zero-order valence-corrected chi connectivity index (χ0v) is 12.3. The molecule has 1 aromatic rings. The van der Waals surface area contributed by atoms with Crippen LogP contribution in [-0.4, -0.2) is 11.9 Å². The molecule has 0 saturated carbocycles. The number of amides is 1. The fourth-order valence-electron chi connectivity index (χ4n) is 1.77. The molecule has 0 unspecified atom stereocenters. The largest absolute Gasteiger partial charge is 0.353 e. The smallest absolute Gasteiger partial charge is 0.220 e. The Kier molecular flexibility index (Phi) is 6.51. The fourth-order valence-corrected chi connectivity index (χ4v) is 2.27. The zero-order valence-electron chi connectivity index (χ0n) is 10.8. The maximum Gasteiger partial charge on any atom is 0.220 e. The van der Waals surface area contributed by atoms with Crippen LogP contribution in [0.3, 0.4) is 0 Å². The maximum atomic E-state index is 11.7. The fraction of sp³-hybridized carbons (Fsp3) is 0.500. The minimum absolute atomic E-state index is 0.0784. The molecule has 4 heteroatoms. The molecule has 100 valence electrons. The van der Waals surface area contributed by atoms with Crippen molar-refractivity contribution >= 4 is 29.1 Å². The first-order valence-corrected chi connectivity index (χ1v) is 7.05. The normalized spacial score (nSPS) is 10.7. The van der Waals surface area contributed by atoms with Crippen molar-refractivity contribution in [1.82, 2.24) is 5.32 Å². The van der Waals surface area contributed by atoms with E-state index in [1.807, 2.05) is 6.07 Å². The van der Waals surface area contributed by atoms with Gasteiger partial charge in [0.05, 0.1) is 0 Å². The van der Waals surface area contributed by atoms with E-state index in [9.17, 15) is 4.79 Å². The number of hydrogen-bond acceptors (Lipinski definition) is 1. The first-order valence-electron chi connectivity index (χ1n) is 6.30. The van der Waals surface area contributed by atoms with Crippen molar-refractivity contribution in [2.24, 2.45) is 0 Å². The molecule has 18 heavy (non-hydrogen) atoms. The van der Waals surface area contributed by atoms with Gasteiger partial charge in [-0.15, -0.1) is 0 Å². The number of rotatable bonds is 6. The van der Waals surface area contributed by atoms with Crippen molar-refractivity contribution < 1.29 is 4.79 Å². The van der Waals surface area contributed by atoms with E-state index >= 15 is 0 Å². The molecular formula is C14H19Cl2NO. The highest BCUT2D eigenvalue weighted by Gasteiger charge is 2.09. The van der Waals surface area contributed by atoms with Crippen LogP contribution in [0.4, 0.5) is 0 Å². The Morgan fingerprint density at radius 2 is 1.94 bits per heavy atom. The van der Waals surface area contributed by atoms with Crippen LogP contribution < -0.4 is 5.32 Å². The van der Waals surface area contributed by atoms with Gasteiger partial charge in [0.1, 0.15) is 0 Å². The Balaban J connectivity index is 2.47. The van der Waals surface area contributed by atoms with Crippen molar-refractivity contribution in [2.75, 3.05) is 0 Å². The van der Waals surface area contributed by atoms with Gasteiger partial charge in [0.25, 0.3) is 0 Å². The highest BCUT2D eigenvalue weighted by molar-refractivity contribution is 6.35. The predicted octanol–water partition coefficient (Wildman–Crippen LogP) is 4.23. The number of carbonyl (C=O) groups excluding carboxylic acids is 1. The first-order chi connectivity index (χ1) is 8.56. The first kappa shape index (κ1) is 15.3. The van der Waals surface area contributed by atoms with Gasteiger partial charge in [-0.1, -0.05) is 43.1 Å². The second-order valence-corrected chi connectivity index (χ2v) is 5.16. The van der Waals surface area contributed by atoms with E-state index < -0.39 is 0 Å². The summed E-state index contributed by atoms with van der Waals surface area (Å²) in [4.78, 5) is 11.7. The van der Waals surface area contributed by atoms with Crippen molar-refractivity contribution in [3.05, 3.63) is 33.8 Å². The molecule has 0 fully saturated rings. The number of aryl methyl sites for hydroxylation is 1. The van der Waals surface area contributed by atoms with Crippen molar-refractivity contribution in [3.63, 3.8) is 0 Å².